The van der Waals surface area contributed by atoms with Crippen molar-refractivity contribution in [2.75, 3.05) is 13.2 Å². The number of carbonyl (C=O) groups is 1. The minimum atomic E-state index is -4.83. The molecular formula is C14H15F4NO3. The number of carbonyl (C=O) groups excluding carboxylic acids is 1. The van der Waals surface area contributed by atoms with Crippen LogP contribution in [0, 0.1) is 6.92 Å². The SMILES string of the molecule is Cc1ccc(O)c(C(=CC(=O)C(F)(F)C(F)F)NCCO)c1. The lowest BCUT2D eigenvalue weighted by Gasteiger charge is -2.15. The second kappa shape index (κ2) is 7.26. The molecule has 0 aromatic heterocycles. The predicted molar refractivity (Wildman–Crippen MR) is 71.9 cm³/mol. The van der Waals surface area contributed by atoms with Crippen LogP contribution < -0.4 is 5.32 Å². The summed E-state index contributed by atoms with van der Waals surface area (Å²) >= 11 is 0. The second-order valence-electron chi connectivity index (χ2n) is 4.52. The van der Waals surface area contributed by atoms with Gasteiger partial charge >= 0.3 is 12.3 Å². The zero-order valence-corrected chi connectivity index (χ0v) is 11.6. The lowest BCUT2D eigenvalue weighted by molar-refractivity contribution is -0.161. The molecule has 0 atom stereocenters. The monoisotopic (exact) mass is 321 g/mol. The minimum absolute atomic E-state index is 0.00753. The fourth-order valence-electron chi connectivity index (χ4n) is 1.62. The van der Waals surface area contributed by atoms with Crippen molar-refractivity contribution < 1.29 is 32.6 Å². The summed E-state index contributed by atoms with van der Waals surface area (Å²) in [7, 11) is 0. The molecule has 0 amide bonds. The normalized spacial score (nSPS) is 12.6. The summed E-state index contributed by atoms with van der Waals surface area (Å²) in [4.78, 5) is 11.4. The summed E-state index contributed by atoms with van der Waals surface area (Å²) in [6.07, 6.45) is -3.84. The van der Waals surface area contributed by atoms with Gasteiger partial charge in [0.15, 0.2) is 0 Å². The molecule has 0 spiro atoms. The van der Waals surface area contributed by atoms with E-state index in [1.165, 1.54) is 18.2 Å². The number of aliphatic hydroxyl groups is 1. The van der Waals surface area contributed by atoms with Crippen LogP contribution in [0.2, 0.25) is 0 Å². The Kier molecular flexibility index (Phi) is 5.92. The van der Waals surface area contributed by atoms with Crippen LogP contribution >= 0.6 is 0 Å². The van der Waals surface area contributed by atoms with Crippen molar-refractivity contribution in [3.05, 3.63) is 35.4 Å². The molecular weight excluding hydrogens is 306 g/mol. The summed E-state index contributed by atoms with van der Waals surface area (Å²) in [5.74, 6) is -7.25. The number of alkyl halides is 4. The fourth-order valence-corrected chi connectivity index (χ4v) is 1.62. The molecule has 122 valence electrons. The Hall–Kier alpha value is -2.09. The van der Waals surface area contributed by atoms with Crippen molar-refractivity contribution in [1.82, 2.24) is 5.32 Å². The zero-order valence-electron chi connectivity index (χ0n) is 11.6. The molecule has 22 heavy (non-hydrogen) atoms. The van der Waals surface area contributed by atoms with Gasteiger partial charge in [-0.25, -0.2) is 8.78 Å². The number of rotatable bonds is 7. The highest BCUT2D eigenvalue weighted by atomic mass is 19.3. The van der Waals surface area contributed by atoms with Crippen LogP contribution in [0.4, 0.5) is 17.6 Å². The molecule has 0 radical (unpaired) electrons. The summed E-state index contributed by atoms with van der Waals surface area (Å²) in [6, 6.07) is 4.20. The first-order valence-corrected chi connectivity index (χ1v) is 6.27. The number of hydrogen-bond acceptors (Lipinski definition) is 4. The number of aryl methyl sites for hydroxylation is 1. The Morgan fingerprint density at radius 1 is 1.41 bits per heavy atom. The topological polar surface area (TPSA) is 69.6 Å². The molecule has 3 N–H and O–H groups in total. The number of halogens is 4. The molecule has 1 rings (SSSR count). The van der Waals surface area contributed by atoms with E-state index in [1.807, 2.05) is 0 Å². The number of ketones is 1. The number of allylic oxidation sites excluding steroid dienone is 1. The van der Waals surface area contributed by atoms with E-state index in [4.69, 9.17) is 5.11 Å². The third-order valence-electron chi connectivity index (χ3n) is 2.75. The number of aromatic hydroxyl groups is 1. The molecule has 0 saturated carbocycles. The largest absolute Gasteiger partial charge is 0.507 e. The first-order chi connectivity index (χ1) is 10.2. The number of hydrogen-bond donors (Lipinski definition) is 3. The van der Waals surface area contributed by atoms with E-state index in [-0.39, 0.29) is 30.2 Å². The first-order valence-electron chi connectivity index (χ1n) is 6.27. The highest BCUT2D eigenvalue weighted by Gasteiger charge is 2.47. The third kappa shape index (κ3) is 4.20. The molecule has 4 nitrogen and oxygen atoms in total. The lowest BCUT2D eigenvalue weighted by atomic mass is 10.0. The Balaban J connectivity index is 3.26. The van der Waals surface area contributed by atoms with Crippen LogP contribution in [0.5, 0.6) is 5.75 Å². The van der Waals surface area contributed by atoms with Gasteiger partial charge in [-0.2, -0.15) is 8.78 Å². The fraction of sp³-hybridized carbons (Fsp3) is 0.357. The average Bonchev–Trinajstić information content (AvgIpc) is 2.45. The van der Waals surface area contributed by atoms with E-state index in [0.717, 1.165) is 0 Å². The smallest absolute Gasteiger partial charge is 0.368 e. The van der Waals surface area contributed by atoms with Crippen molar-refractivity contribution in [1.29, 1.82) is 0 Å². The number of benzene rings is 1. The highest BCUT2D eigenvalue weighted by molar-refractivity contribution is 6.01. The molecule has 0 aliphatic heterocycles. The third-order valence-corrected chi connectivity index (χ3v) is 2.75. The average molecular weight is 321 g/mol. The molecule has 0 aliphatic carbocycles. The maximum absolute atomic E-state index is 13.0. The second-order valence-corrected chi connectivity index (χ2v) is 4.52. The van der Waals surface area contributed by atoms with Crippen LogP contribution in [0.1, 0.15) is 11.1 Å². The molecule has 0 saturated heterocycles. The summed E-state index contributed by atoms with van der Waals surface area (Å²) in [6.45, 7) is 1.15. The van der Waals surface area contributed by atoms with E-state index >= 15 is 0 Å². The quantitative estimate of drug-likeness (QED) is 0.531. The molecule has 0 bridgehead atoms. The van der Waals surface area contributed by atoms with Crippen molar-refractivity contribution in [3.63, 3.8) is 0 Å². The van der Waals surface area contributed by atoms with Crippen molar-refractivity contribution in [2.24, 2.45) is 0 Å². The van der Waals surface area contributed by atoms with E-state index in [1.54, 1.807) is 6.92 Å². The van der Waals surface area contributed by atoms with Gasteiger partial charge in [-0.3, -0.25) is 4.79 Å². The minimum Gasteiger partial charge on any atom is -0.507 e. The lowest BCUT2D eigenvalue weighted by Crippen LogP contribution is -2.36. The zero-order chi connectivity index (χ0) is 16.9. The van der Waals surface area contributed by atoms with Crippen LogP contribution in [0.25, 0.3) is 5.70 Å². The molecule has 8 heteroatoms. The number of aliphatic hydroxyl groups excluding tert-OH is 1. The van der Waals surface area contributed by atoms with Crippen molar-refractivity contribution in [3.8, 4) is 5.75 Å². The van der Waals surface area contributed by atoms with E-state index in [2.05, 4.69) is 5.32 Å². The van der Waals surface area contributed by atoms with Crippen LogP contribution in [0.3, 0.4) is 0 Å². The Morgan fingerprint density at radius 3 is 2.59 bits per heavy atom. The standard InChI is InChI=1S/C14H15F4NO3/c1-8-2-3-11(21)9(6-8)10(19-4-5-20)7-12(22)14(17,18)13(15)16/h2-3,6-7,13,19-21H,4-5H2,1H3. The maximum Gasteiger partial charge on any atom is 0.368 e. The summed E-state index contributed by atoms with van der Waals surface area (Å²) in [5.41, 5.74) is 0.366. The van der Waals surface area contributed by atoms with Gasteiger partial charge in [0.2, 0.25) is 5.78 Å². The van der Waals surface area contributed by atoms with E-state index in [9.17, 15) is 27.5 Å². The summed E-state index contributed by atoms with van der Waals surface area (Å²) < 4.78 is 50.5. The highest BCUT2D eigenvalue weighted by Crippen LogP contribution is 2.28. The van der Waals surface area contributed by atoms with Gasteiger partial charge in [0.1, 0.15) is 5.75 Å². The molecule has 1 aromatic rings. The van der Waals surface area contributed by atoms with Crippen molar-refractivity contribution in [2.45, 2.75) is 19.3 Å². The Labute approximate surface area is 124 Å². The Morgan fingerprint density at radius 2 is 2.05 bits per heavy atom. The van der Waals surface area contributed by atoms with Crippen LogP contribution in [-0.2, 0) is 4.79 Å². The molecule has 0 heterocycles. The van der Waals surface area contributed by atoms with Crippen LogP contribution in [-0.4, -0.2) is 41.5 Å². The molecule has 0 unspecified atom stereocenters. The number of nitrogens with one attached hydrogen (secondary N) is 1. The maximum atomic E-state index is 13.0. The van der Waals surface area contributed by atoms with Gasteiger partial charge < -0.3 is 15.5 Å². The van der Waals surface area contributed by atoms with E-state index in [0.29, 0.717) is 11.6 Å². The van der Waals surface area contributed by atoms with Crippen LogP contribution in [0.15, 0.2) is 24.3 Å². The van der Waals surface area contributed by atoms with Gasteiger partial charge in [0.25, 0.3) is 0 Å². The van der Waals surface area contributed by atoms with Gasteiger partial charge in [-0.1, -0.05) is 11.6 Å². The van der Waals surface area contributed by atoms with Gasteiger partial charge in [-0.15, -0.1) is 0 Å². The summed E-state index contributed by atoms with van der Waals surface area (Å²) in [5, 5.41) is 20.9. The number of phenols is 1. The number of phenolic OH excluding ortho intramolecular Hbond substituents is 1. The van der Waals surface area contributed by atoms with Gasteiger partial charge in [0, 0.05) is 23.9 Å². The predicted octanol–water partition coefficient (Wildman–Crippen LogP) is 2.09. The van der Waals surface area contributed by atoms with Gasteiger partial charge in [-0.05, 0) is 19.1 Å². The Bertz CT molecular complexity index is 573. The van der Waals surface area contributed by atoms with E-state index < -0.39 is 18.1 Å². The molecule has 1 aromatic carbocycles. The first kappa shape index (κ1) is 18.0. The molecule has 0 aliphatic rings. The van der Waals surface area contributed by atoms with Crippen molar-refractivity contribution >= 4 is 11.5 Å². The molecule has 0 fully saturated rings. The van der Waals surface area contributed by atoms with Gasteiger partial charge in [0.05, 0.1) is 6.61 Å².